The molecule has 0 saturated carbocycles. The van der Waals surface area contributed by atoms with Gasteiger partial charge in [0.25, 0.3) is 0 Å². The van der Waals surface area contributed by atoms with Crippen LogP contribution in [0.15, 0.2) is 28.7 Å². The Morgan fingerprint density at radius 1 is 1.35 bits per heavy atom. The molecule has 0 atom stereocenters. The van der Waals surface area contributed by atoms with E-state index in [0.717, 1.165) is 21.7 Å². The van der Waals surface area contributed by atoms with Crippen LogP contribution in [0.2, 0.25) is 0 Å². The molecule has 0 saturated heterocycles. The molecule has 0 aliphatic heterocycles. The second-order valence-corrected chi connectivity index (χ2v) is 4.79. The Hall–Kier alpha value is -0.940. The lowest BCUT2D eigenvalue weighted by Gasteiger charge is -2.03. The summed E-state index contributed by atoms with van der Waals surface area (Å²) in [4.78, 5) is 21.7. The summed E-state index contributed by atoms with van der Waals surface area (Å²) in [5.41, 5.74) is 1.61. The minimum absolute atomic E-state index is 0.0838. The van der Waals surface area contributed by atoms with Gasteiger partial charge in [-0.15, -0.1) is 0 Å². The van der Waals surface area contributed by atoms with Gasteiger partial charge in [0.1, 0.15) is 5.78 Å². The number of halogens is 2. The zero-order valence-corrected chi connectivity index (χ0v) is 12.0. The van der Waals surface area contributed by atoms with E-state index in [9.17, 15) is 9.59 Å². The number of aliphatic carboxylic acids is 1. The number of carbonyl (C=O) groups is 2. The summed E-state index contributed by atoms with van der Waals surface area (Å²) in [5, 5.41) is 8.88. The predicted octanol–water partition coefficient (Wildman–Crippen LogP) is 3.05. The highest BCUT2D eigenvalue weighted by molar-refractivity contribution is 9.10. The number of carboxylic acid groups (broad SMARTS) is 1. The number of carbonyl (C=O) groups excluding carboxylic acids is 1. The summed E-state index contributed by atoms with van der Waals surface area (Å²) < 4.78 is 0.796. The Bertz CT molecular complexity index is 467. The van der Waals surface area contributed by atoms with Crippen molar-refractivity contribution in [3.63, 3.8) is 0 Å². The van der Waals surface area contributed by atoms with Gasteiger partial charge in [0.05, 0.1) is 5.33 Å². The third kappa shape index (κ3) is 4.83. The van der Waals surface area contributed by atoms with Crippen LogP contribution in [-0.2, 0) is 16.0 Å². The Morgan fingerprint density at radius 3 is 2.65 bits per heavy atom. The highest BCUT2D eigenvalue weighted by Crippen LogP contribution is 2.20. The lowest BCUT2D eigenvalue weighted by Crippen LogP contribution is -2.03. The van der Waals surface area contributed by atoms with Crippen molar-refractivity contribution in [1.82, 2.24) is 0 Å². The second kappa shape index (κ2) is 6.71. The van der Waals surface area contributed by atoms with Gasteiger partial charge in [-0.3, -0.25) is 4.79 Å². The molecule has 0 unspecified atom stereocenters. The smallest absolute Gasteiger partial charge is 0.328 e. The molecule has 0 aliphatic carbocycles. The maximum Gasteiger partial charge on any atom is 0.328 e. The predicted molar refractivity (Wildman–Crippen MR) is 73.3 cm³/mol. The third-order valence-corrected chi connectivity index (χ3v) is 3.36. The average Bonchev–Trinajstić information content (AvgIpc) is 2.29. The van der Waals surface area contributed by atoms with Crippen molar-refractivity contribution < 1.29 is 14.7 Å². The highest BCUT2D eigenvalue weighted by atomic mass is 79.9. The van der Waals surface area contributed by atoms with Crippen LogP contribution in [0.4, 0.5) is 0 Å². The molecule has 0 heterocycles. The second-order valence-electron chi connectivity index (χ2n) is 3.38. The molecule has 0 fully saturated rings. The van der Waals surface area contributed by atoms with Crippen molar-refractivity contribution in [2.24, 2.45) is 0 Å². The molecule has 3 nitrogen and oxygen atoms in total. The largest absolute Gasteiger partial charge is 0.478 e. The molecule has 1 rings (SSSR count). The van der Waals surface area contributed by atoms with Gasteiger partial charge in [-0.2, -0.15) is 0 Å². The summed E-state index contributed by atoms with van der Waals surface area (Å²) in [7, 11) is 0. The number of carboxylic acids is 1. The fourth-order valence-corrected chi connectivity index (χ4v) is 1.84. The Balaban J connectivity index is 2.94. The van der Waals surface area contributed by atoms with Gasteiger partial charge in [-0.05, 0) is 23.3 Å². The van der Waals surface area contributed by atoms with Crippen molar-refractivity contribution in [1.29, 1.82) is 0 Å². The molecular formula is C12H10Br2O3. The Morgan fingerprint density at radius 2 is 2.06 bits per heavy atom. The van der Waals surface area contributed by atoms with E-state index in [1.807, 2.05) is 6.07 Å². The fourth-order valence-electron chi connectivity index (χ4n) is 1.27. The van der Waals surface area contributed by atoms with E-state index in [1.54, 1.807) is 12.1 Å². The van der Waals surface area contributed by atoms with Crippen LogP contribution in [0.3, 0.4) is 0 Å². The van der Waals surface area contributed by atoms with E-state index in [-0.39, 0.29) is 5.78 Å². The average molecular weight is 362 g/mol. The normalized spacial score (nSPS) is 10.7. The minimum atomic E-state index is -1.00. The van der Waals surface area contributed by atoms with Crippen LogP contribution in [0.1, 0.15) is 11.1 Å². The molecule has 1 N–H and O–H groups in total. The summed E-state index contributed by atoms with van der Waals surface area (Å²) in [5.74, 6) is -0.917. The molecule has 0 aromatic heterocycles. The van der Waals surface area contributed by atoms with Gasteiger partial charge in [0, 0.05) is 17.0 Å². The standard InChI is InChI=1S/C12H10Br2O3/c13-7-10(15)6-8-1-3-11(14)9(5-8)2-4-12(16)17/h1-5H,6-7H2,(H,16,17)/b4-2+. The van der Waals surface area contributed by atoms with Gasteiger partial charge >= 0.3 is 5.97 Å². The first-order valence-corrected chi connectivity index (χ1v) is 6.71. The van der Waals surface area contributed by atoms with E-state index in [2.05, 4.69) is 31.9 Å². The maximum absolute atomic E-state index is 11.3. The van der Waals surface area contributed by atoms with Crippen LogP contribution >= 0.6 is 31.9 Å². The molecule has 0 spiro atoms. The van der Waals surface area contributed by atoms with Crippen LogP contribution in [0, 0.1) is 0 Å². The summed E-state index contributed by atoms with van der Waals surface area (Å²) in [6.07, 6.45) is 2.90. The van der Waals surface area contributed by atoms with E-state index in [1.165, 1.54) is 6.08 Å². The first-order valence-electron chi connectivity index (χ1n) is 4.80. The number of ketones is 1. The Kier molecular flexibility index (Phi) is 5.58. The van der Waals surface area contributed by atoms with Gasteiger partial charge in [-0.1, -0.05) is 44.0 Å². The number of rotatable bonds is 5. The van der Waals surface area contributed by atoms with E-state index in [4.69, 9.17) is 5.11 Å². The molecule has 17 heavy (non-hydrogen) atoms. The number of alkyl halides is 1. The minimum Gasteiger partial charge on any atom is -0.478 e. The summed E-state index contributed by atoms with van der Waals surface area (Å²) in [6.45, 7) is 0. The Labute approximate surface area is 116 Å². The highest BCUT2D eigenvalue weighted by Gasteiger charge is 2.04. The van der Waals surface area contributed by atoms with Crippen LogP contribution < -0.4 is 0 Å². The molecule has 0 bridgehead atoms. The van der Waals surface area contributed by atoms with Gasteiger partial charge in [0.15, 0.2) is 0 Å². The molecule has 0 aliphatic rings. The number of benzene rings is 1. The van der Waals surface area contributed by atoms with E-state index >= 15 is 0 Å². The maximum atomic E-state index is 11.3. The molecule has 0 radical (unpaired) electrons. The zero-order valence-electron chi connectivity index (χ0n) is 8.82. The van der Waals surface area contributed by atoms with Crippen LogP contribution in [0.5, 0.6) is 0 Å². The fraction of sp³-hybridized carbons (Fsp3) is 0.167. The SMILES string of the molecule is O=C(O)/C=C/c1cc(CC(=O)CBr)ccc1Br. The van der Waals surface area contributed by atoms with Gasteiger partial charge in [0.2, 0.25) is 0 Å². The topological polar surface area (TPSA) is 54.4 Å². The van der Waals surface area contributed by atoms with E-state index < -0.39 is 5.97 Å². The quantitative estimate of drug-likeness (QED) is 0.647. The van der Waals surface area contributed by atoms with Crippen molar-refractivity contribution in [3.8, 4) is 0 Å². The third-order valence-electron chi connectivity index (χ3n) is 2.02. The van der Waals surface area contributed by atoms with E-state index in [0.29, 0.717) is 11.8 Å². The molecule has 1 aromatic carbocycles. The number of hydrogen-bond acceptors (Lipinski definition) is 2. The number of hydrogen-bond donors (Lipinski definition) is 1. The molecule has 0 amide bonds. The molecular weight excluding hydrogens is 352 g/mol. The van der Waals surface area contributed by atoms with Gasteiger partial charge in [-0.25, -0.2) is 4.79 Å². The summed E-state index contributed by atoms with van der Waals surface area (Å²) >= 11 is 6.43. The first-order chi connectivity index (χ1) is 8.02. The number of Topliss-reactive ketones (excluding diaryl/α,β-unsaturated/α-hetero) is 1. The van der Waals surface area contributed by atoms with Crippen LogP contribution in [-0.4, -0.2) is 22.2 Å². The lowest BCUT2D eigenvalue weighted by molar-refractivity contribution is -0.131. The first kappa shape index (κ1) is 14.1. The zero-order chi connectivity index (χ0) is 12.8. The molecule has 1 aromatic rings. The lowest BCUT2D eigenvalue weighted by atomic mass is 10.1. The van der Waals surface area contributed by atoms with Crippen molar-refractivity contribution in [2.45, 2.75) is 6.42 Å². The van der Waals surface area contributed by atoms with Crippen molar-refractivity contribution in [2.75, 3.05) is 5.33 Å². The molecule has 90 valence electrons. The molecule has 5 heteroatoms. The summed E-state index contributed by atoms with van der Waals surface area (Å²) in [6, 6.07) is 5.44. The monoisotopic (exact) mass is 360 g/mol. The van der Waals surface area contributed by atoms with Crippen molar-refractivity contribution in [3.05, 3.63) is 39.9 Å². The van der Waals surface area contributed by atoms with Gasteiger partial charge < -0.3 is 5.11 Å². The van der Waals surface area contributed by atoms with Crippen LogP contribution in [0.25, 0.3) is 6.08 Å². The van der Waals surface area contributed by atoms with Crippen molar-refractivity contribution >= 4 is 49.7 Å².